The van der Waals surface area contributed by atoms with E-state index in [0.29, 0.717) is 5.03 Å². The van der Waals surface area contributed by atoms with Crippen LogP contribution in [0.1, 0.15) is 5.69 Å². The van der Waals surface area contributed by atoms with E-state index in [4.69, 9.17) is 11.6 Å². The Hall–Kier alpha value is -1.82. The van der Waals surface area contributed by atoms with Crippen molar-refractivity contribution >= 4 is 17.5 Å². The Kier molecular flexibility index (Phi) is 4.07. The van der Waals surface area contributed by atoms with Gasteiger partial charge in [0, 0.05) is 16.8 Å². The highest BCUT2D eigenvalue weighted by molar-refractivity contribution is 6.29. The SMILES string of the molecule is C=C(Cl)CNC(=O)Cc1cc(=O)[nH]c(=O)[nH]1. The first-order chi connectivity index (χ1) is 7.47. The van der Waals surface area contributed by atoms with Crippen LogP contribution in [0.2, 0.25) is 0 Å². The Morgan fingerprint density at radius 2 is 2.12 bits per heavy atom. The molecule has 0 bridgehead atoms. The van der Waals surface area contributed by atoms with Crippen LogP contribution in [0, 0.1) is 0 Å². The van der Waals surface area contributed by atoms with Crippen LogP contribution in [0.15, 0.2) is 27.3 Å². The van der Waals surface area contributed by atoms with Crippen LogP contribution >= 0.6 is 11.6 Å². The van der Waals surface area contributed by atoms with Gasteiger partial charge in [0.1, 0.15) is 0 Å². The molecule has 0 saturated carbocycles. The van der Waals surface area contributed by atoms with Crippen molar-refractivity contribution in [2.45, 2.75) is 6.42 Å². The average Bonchev–Trinajstić information content (AvgIpc) is 2.12. The van der Waals surface area contributed by atoms with Crippen molar-refractivity contribution < 1.29 is 4.79 Å². The van der Waals surface area contributed by atoms with Crippen molar-refractivity contribution in [1.29, 1.82) is 0 Å². The van der Waals surface area contributed by atoms with Gasteiger partial charge in [-0.15, -0.1) is 0 Å². The Bertz CT molecular complexity index is 489. The number of hydrogen-bond acceptors (Lipinski definition) is 3. The minimum absolute atomic E-state index is 0.0939. The summed E-state index contributed by atoms with van der Waals surface area (Å²) in [5.74, 6) is -0.358. The Morgan fingerprint density at radius 3 is 2.69 bits per heavy atom. The standard InChI is InChI=1S/C9H10ClN3O3/c1-5(10)4-11-7(14)2-6-3-8(15)13-9(16)12-6/h3H,1-2,4H2,(H,11,14)(H2,12,13,15,16). The second-order valence-corrected chi connectivity index (χ2v) is 3.62. The zero-order chi connectivity index (χ0) is 12.1. The third-order valence-corrected chi connectivity index (χ3v) is 1.78. The van der Waals surface area contributed by atoms with Gasteiger partial charge in [0.2, 0.25) is 5.91 Å². The molecular weight excluding hydrogens is 234 g/mol. The quantitative estimate of drug-likeness (QED) is 0.664. The summed E-state index contributed by atoms with van der Waals surface area (Å²) in [7, 11) is 0. The van der Waals surface area contributed by atoms with E-state index in [1.54, 1.807) is 0 Å². The van der Waals surface area contributed by atoms with Gasteiger partial charge in [0.15, 0.2) is 0 Å². The molecule has 16 heavy (non-hydrogen) atoms. The molecular formula is C9H10ClN3O3. The number of carbonyl (C=O) groups excluding carboxylic acids is 1. The molecule has 0 radical (unpaired) electrons. The lowest BCUT2D eigenvalue weighted by atomic mass is 10.3. The number of rotatable bonds is 4. The van der Waals surface area contributed by atoms with Crippen LogP contribution in [0.25, 0.3) is 0 Å². The molecule has 0 spiro atoms. The first-order valence-corrected chi connectivity index (χ1v) is 4.77. The molecule has 0 atom stereocenters. The maximum Gasteiger partial charge on any atom is 0.325 e. The zero-order valence-electron chi connectivity index (χ0n) is 8.30. The van der Waals surface area contributed by atoms with E-state index in [1.807, 2.05) is 4.98 Å². The molecule has 0 aliphatic rings. The summed E-state index contributed by atoms with van der Waals surface area (Å²) in [5.41, 5.74) is -0.947. The van der Waals surface area contributed by atoms with Crippen molar-refractivity contribution in [3.63, 3.8) is 0 Å². The molecule has 1 aromatic rings. The average molecular weight is 244 g/mol. The van der Waals surface area contributed by atoms with Crippen LogP contribution in [0.5, 0.6) is 0 Å². The molecule has 0 saturated heterocycles. The number of aromatic nitrogens is 2. The van der Waals surface area contributed by atoms with Gasteiger partial charge in [0.25, 0.3) is 5.56 Å². The molecule has 1 heterocycles. The molecule has 1 aromatic heterocycles. The molecule has 0 aliphatic heterocycles. The van der Waals surface area contributed by atoms with Gasteiger partial charge >= 0.3 is 5.69 Å². The number of nitrogens with one attached hydrogen (secondary N) is 3. The van der Waals surface area contributed by atoms with Crippen LogP contribution in [-0.2, 0) is 11.2 Å². The summed E-state index contributed by atoms with van der Waals surface area (Å²) in [6, 6.07) is 1.15. The molecule has 6 nitrogen and oxygen atoms in total. The van der Waals surface area contributed by atoms with Gasteiger partial charge in [-0.3, -0.25) is 14.6 Å². The lowest BCUT2D eigenvalue weighted by Gasteiger charge is -2.03. The molecule has 3 N–H and O–H groups in total. The Labute approximate surface area is 95.3 Å². The normalized spacial score (nSPS) is 9.81. The third-order valence-electron chi connectivity index (χ3n) is 1.64. The number of carbonyl (C=O) groups is 1. The van der Waals surface area contributed by atoms with Gasteiger partial charge in [0.05, 0.1) is 13.0 Å². The zero-order valence-corrected chi connectivity index (χ0v) is 9.06. The molecule has 7 heteroatoms. The van der Waals surface area contributed by atoms with E-state index in [-0.39, 0.29) is 24.6 Å². The van der Waals surface area contributed by atoms with E-state index < -0.39 is 11.2 Å². The fourth-order valence-corrected chi connectivity index (χ4v) is 1.11. The first kappa shape index (κ1) is 12.3. The predicted octanol–water partition coefficient (Wildman–Crippen LogP) is -0.526. The predicted molar refractivity (Wildman–Crippen MR) is 59.4 cm³/mol. The lowest BCUT2D eigenvalue weighted by molar-refractivity contribution is -0.120. The largest absolute Gasteiger partial charge is 0.351 e. The van der Waals surface area contributed by atoms with Crippen molar-refractivity contribution in [3.8, 4) is 0 Å². The van der Waals surface area contributed by atoms with Gasteiger partial charge in [-0.2, -0.15) is 0 Å². The van der Waals surface area contributed by atoms with Crippen molar-refractivity contribution in [3.05, 3.63) is 44.2 Å². The molecule has 0 unspecified atom stereocenters. The second kappa shape index (κ2) is 5.32. The molecule has 1 rings (SSSR count). The van der Waals surface area contributed by atoms with Gasteiger partial charge in [-0.05, 0) is 0 Å². The number of halogens is 1. The summed E-state index contributed by atoms with van der Waals surface area (Å²) >= 11 is 5.45. The number of H-pyrrole nitrogens is 2. The molecule has 0 fully saturated rings. The minimum Gasteiger partial charge on any atom is -0.351 e. The van der Waals surface area contributed by atoms with E-state index in [2.05, 4.69) is 16.9 Å². The highest BCUT2D eigenvalue weighted by atomic mass is 35.5. The van der Waals surface area contributed by atoms with Crippen LogP contribution < -0.4 is 16.6 Å². The number of hydrogen-bond donors (Lipinski definition) is 3. The van der Waals surface area contributed by atoms with Crippen molar-refractivity contribution in [2.75, 3.05) is 6.54 Å². The van der Waals surface area contributed by atoms with Crippen LogP contribution in [0.3, 0.4) is 0 Å². The Balaban J connectivity index is 2.66. The summed E-state index contributed by atoms with van der Waals surface area (Å²) in [6.07, 6.45) is -0.0939. The topological polar surface area (TPSA) is 94.8 Å². The molecule has 86 valence electrons. The monoisotopic (exact) mass is 243 g/mol. The van der Waals surface area contributed by atoms with Crippen LogP contribution in [-0.4, -0.2) is 22.4 Å². The highest BCUT2D eigenvalue weighted by Gasteiger charge is 2.04. The second-order valence-electron chi connectivity index (χ2n) is 3.08. The van der Waals surface area contributed by atoms with Gasteiger partial charge < -0.3 is 10.3 Å². The summed E-state index contributed by atoms with van der Waals surface area (Å²) in [6.45, 7) is 3.55. The van der Waals surface area contributed by atoms with E-state index >= 15 is 0 Å². The molecule has 1 amide bonds. The maximum atomic E-state index is 11.3. The van der Waals surface area contributed by atoms with Gasteiger partial charge in [-0.1, -0.05) is 18.2 Å². The number of amides is 1. The van der Waals surface area contributed by atoms with E-state index in [9.17, 15) is 14.4 Å². The summed E-state index contributed by atoms with van der Waals surface area (Å²) in [4.78, 5) is 37.4. The fraction of sp³-hybridized carbons (Fsp3) is 0.222. The molecule has 0 aromatic carbocycles. The van der Waals surface area contributed by atoms with E-state index in [1.165, 1.54) is 0 Å². The fourth-order valence-electron chi connectivity index (χ4n) is 1.04. The first-order valence-electron chi connectivity index (χ1n) is 4.40. The summed E-state index contributed by atoms with van der Waals surface area (Å²) < 4.78 is 0. The van der Waals surface area contributed by atoms with E-state index in [0.717, 1.165) is 6.07 Å². The lowest BCUT2D eigenvalue weighted by Crippen LogP contribution is -2.29. The maximum absolute atomic E-state index is 11.3. The third kappa shape index (κ3) is 4.14. The molecule has 0 aliphatic carbocycles. The highest BCUT2D eigenvalue weighted by Crippen LogP contribution is 1.93. The number of aromatic amines is 2. The van der Waals surface area contributed by atoms with Crippen molar-refractivity contribution in [1.82, 2.24) is 15.3 Å². The Morgan fingerprint density at radius 1 is 1.44 bits per heavy atom. The minimum atomic E-state index is -0.642. The van der Waals surface area contributed by atoms with Gasteiger partial charge in [-0.25, -0.2) is 4.79 Å². The summed E-state index contributed by atoms with van der Waals surface area (Å²) in [5, 5.41) is 2.76. The van der Waals surface area contributed by atoms with Crippen molar-refractivity contribution in [2.24, 2.45) is 0 Å². The van der Waals surface area contributed by atoms with Crippen LogP contribution in [0.4, 0.5) is 0 Å². The smallest absolute Gasteiger partial charge is 0.325 e.